The van der Waals surface area contributed by atoms with Gasteiger partial charge < -0.3 is 0 Å². The van der Waals surface area contributed by atoms with Crippen LogP contribution in [0.1, 0.15) is 6.92 Å². The zero-order valence-electron chi connectivity index (χ0n) is 6.61. The molecule has 0 saturated heterocycles. The van der Waals surface area contributed by atoms with Crippen molar-refractivity contribution in [3.05, 3.63) is 0 Å². The summed E-state index contributed by atoms with van der Waals surface area (Å²) in [5.74, 6) is 0.804. The molecule has 0 N–H and O–H groups in total. The molecule has 0 aliphatic heterocycles. The van der Waals surface area contributed by atoms with Crippen LogP contribution in [-0.4, -0.2) is 13.5 Å². The molecule has 0 radical (unpaired) electrons. The first-order valence-electron chi connectivity index (χ1n) is 3.58. The Balaban J connectivity index is 2.50. The third kappa shape index (κ3) is 1.32. The fourth-order valence-corrected chi connectivity index (χ4v) is 6.17. The molecule has 0 aromatic rings. The lowest BCUT2D eigenvalue weighted by atomic mass is 10.5. The Bertz CT molecular complexity index is 109. The van der Waals surface area contributed by atoms with E-state index in [2.05, 4.69) is 26.6 Å². The van der Waals surface area contributed by atoms with E-state index in [9.17, 15) is 0 Å². The zero-order valence-corrected chi connectivity index (χ0v) is 8.37. The summed E-state index contributed by atoms with van der Waals surface area (Å²) in [5, 5.41) is 0.511. The highest BCUT2D eigenvalue weighted by Crippen LogP contribution is 2.55. The van der Waals surface area contributed by atoms with E-state index in [4.69, 9.17) is 11.6 Å². The molecule has 1 aliphatic carbocycles. The van der Waals surface area contributed by atoms with Crippen molar-refractivity contribution in [1.82, 2.24) is 0 Å². The van der Waals surface area contributed by atoms with Crippen molar-refractivity contribution >= 4 is 19.7 Å². The highest BCUT2D eigenvalue weighted by Gasteiger charge is 2.52. The molecule has 0 nitrogen and oxygen atoms in total. The normalized spacial score (nSPS) is 43.0. The third-order valence-corrected chi connectivity index (χ3v) is 6.04. The van der Waals surface area contributed by atoms with Gasteiger partial charge in [-0.15, -0.1) is 11.6 Å². The van der Waals surface area contributed by atoms with Crippen LogP contribution in [0.25, 0.3) is 0 Å². The van der Waals surface area contributed by atoms with E-state index in [0.29, 0.717) is 5.38 Å². The van der Waals surface area contributed by atoms with Crippen LogP contribution in [0, 0.1) is 5.92 Å². The molecular formula is C7H15ClSi. The Morgan fingerprint density at radius 1 is 1.22 bits per heavy atom. The molecule has 1 rings (SSSR count). The van der Waals surface area contributed by atoms with Crippen LogP contribution in [0.5, 0.6) is 0 Å². The Hall–Kier alpha value is 0.507. The minimum absolute atomic E-state index is 0.511. The van der Waals surface area contributed by atoms with Gasteiger partial charge in [0.15, 0.2) is 0 Å². The first-order valence-corrected chi connectivity index (χ1v) is 7.60. The minimum Gasteiger partial charge on any atom is -0.123 e. The molecule has 3 atom stereocenters. The van der Waals surface area contributed by atoms with Crippen LogP contribution in [-0.2, 0) is 0 Å². The van der Waals surface area contributed by atoms with Gasteiger partial charge in [-0.2, -0.15) is 0 Å². The van der Waals surface area contributed by atoms with Crippen molar-refractivity contribution in [2.75, 3.05) is 0 Å². The average Bonchev–Trinajstić information content (AvgIpc) is 2.11. The van der Waals surface area contributed by atoms with Crippen LogP contribution >= 0.6 is 11.6 Å². The van der Waals surface area contributed by atoms with Gasteiger partial charge in [0.05, 0.1) is 0 Å². The first kappa shape index (κ1) is 7.61. The SMILES string of the molecule is CC1C(Cl)C1[Si](C)(C)C. The van der Waals surface area contributed by atoms with E-state index in [1.54, 1.807) is 0 Å². The van der Waals surface area contributed by atoms with Crippen molar-refractivity contribution < 1.29 is 0 Å². The Morgan fingerprint density at radius 2 is 1.56 bits per heavy atom. The van der Waals surface area contributed by atoms with Gasteiger partial charge in [0, 0.05) is 13.5 Å². The van der Waals surface area contributed by atoms with Crippen LogP contribution < -0.4 is 0 Å². The van der Waals surface area contributed by atoms with Crippen molar-refractivity contribution in [3.63, 3.8) is 0 Å². The van der Waals surface area contributed by atoms with Crippen LogP contribution in [0.3, 0.4) is 0 Å². The molecule has 0 aromatic carbocycles. The fraction of sp³-hybridized carbons (Fsp3) is 1.00. The van der Waals surface area contributed by atoms with Crippen LogP contribution in [0.15, 0.2) is 0 Å². The summed E-state index contributed by atoms with van der Waals surface area (Å²) in [5.41, 5.74) is 0.888. The lowest BCUT2D eigenvalue weighted by Crippen LogP contribution is -2.21. The van der Waals surface area contributed by atoms with E-state index in [1.807, 2.05) is 0 Å². The summed E-state index contributed by atoms with van der Waals surface area (Å²) in [4.78, 5) is 0. The summed E-state index contributed by atoms with van der Waals surface area (Å²) in [6.07, 6.45) is 0. The van der Waals surface area contributed by atoms with Crippen LogP contribution in [0.4, 0.5) is 0 Å². The fourth-order valence-electron chi connectivity index (χ4n) is 1.68. The van der Waals surface area contributed by atoms with E-state index >= 15 is 0 Å². The van der Waals surface area contributed by atoms with Gasteiger partial charge in [0.25, 0.3) is 0 Å². The second-order valence-electron chi connectivity index (χ2n) is 4.20. The molecule has 0 amide bonds. The van der Waals surface area contributed by atoms with Crippen molar-refractivity contribution in [1.29, 1.82) is 0 Å². The lowest BCUT2D eigenvalue weighted by molar-refractivity contribution is 0.970. The molecule has 2 heteroatoms. The molecule has 1 fully saturated rings. The smallest absolute Gasteiger partial charge is 0.0493 e. The molecule has 0 heterocycles. The third-order valence-electron chi connectivity index (χ3n) is 2.27. The molecule has 0 aromatic heterocycles. The van der Waals surface area contributed by atoms with Crippen molar-refractivity contribution in [3.8, 4) is 0 Å². The molecular weight excluding hydrogens is 148 g/mol. The maximum atomic E-state index is 6.02. The minimum atomic E-state index is -0.882. The van der Waals surface area contributed by atoms with Gasteiger partial charge in [-0.05, 0) is 11.5 Å². The molecule has 1 aliphatic rings. The highest BCUT2D eigenvalue weighted by molar-refractivity contribution is 6.79. The molecule has 9 heavy (non-hydrogen) atoms. The molecule has 54 valence electrons. The molecule has 1 saturated carbocycles. The summed E-state index contributed by atoms with van der Waals surface area (Å²) in [6.45, 7) is 9.46. The van der Waals surface area contributed by atoms with Crippen LogP contribution in [0.2, 0.25) is 25.2 Å². The number of alkyl halides is 1. The second kappa shape index (κ2) is 1.99. The monoisotopic (exact) mass is 162 g/mol. The van der Waals surface area contributed by atoms with Crippen molar-refractivity contribution in [2.24, 2.45) is 5.92 Å². The lowest BCUT2D eigenvalue weighted by Gasteiger charge is -2.14. The predicted molar refractivity (Wildman–Crippen MR) is 45.9 cm³/mol. The van der Waals surface area contributed by atoms with E-state index in [0.717, 1.165) is 11.5 Å². The largest absolute Gasteiger partial charge is 0.123 e. The molecule has 3 unspecified atom stereocenters. The average molecular weight is 163 g/mol. The summed E-state index contributed by atoms with van der Waals surface area (Å²) in [7, 11) is -0.882. The number of halogens is 1. The number of hydrogen-bond acceptors (Lipinski definition) is 0. The quantitative estimate of drug-likeness (QED) is 0.411. The maximum Gasteiger partial charge on any atom is 0.0493 e. The Kier molecular flexibility index (Phi) is 1.69. The highest BCUT2D eigenvalue weighted by atomic mass is 35.5. The standard InChI is InChI=1S/C7H15ClSi/c1-5-6(8)7(5)9(2,3)4/h5-7H,1-4H3. The number of rotatable bonds is 1. The Labute approximate surface area is 63.6 Å². The van der Waals surface area contributed by atoms with Crippen molar-refractivity contribution in [2.45, 2.75) is 37.5 Å². The van der Waals surface area contributed by atoms with E-state index < -0.39 is 8.07 Å². The number of hydrogen-bond donors (Lipinski definition) is 0. The summed E-state index contributed by atoms with van der Waals surface area (Å²) >= 11 is 6.02. The van der Waals surface area contributed by atoms with Gasteiger partial charge >= 0.3 is 0 Å². The maximum absolute atomic E-state index is 6.02. The topological polar surface area (TPSA) is 0 Å². The van der Waals surface area contributed by atoms with Gasteiger partial charge in [-0.1, -0.05) is 26.6 Å². The van der Waals surface area contributed by atoms with E-state index in [-0.39, 0.29) is 0 Å². The van der Waals surface area contributed by atoms with Gasteiger partial charge in [0.2, 0.25) is 0 Å². The zero-order chi connectivity index (χ0) is 7.23. The second-order valence-corrected chi connectivity index (χ2v) is 10.1. The summed E-state index contributed by atoms with van der Waals surface area (Å²) in [6, 6.07) is 0. The predicted octanol–water partition coefficient (Wildman–Crippen LogP) is 2.95. The Morgan fingerprint density at radius 3 is 1.56 bits per heavy atom. The summed E-state index contributed by atoms with van der Waals surface area (Å²) < 4.78 is 0. The first-order chi connectivity index (χ1) is 3.94. The van der Waals surface area contributed by atoms with Gasteiger partial charge in [-0.3, -0.25) is 0 Å². The molecule has 0 bridgehead atoms. The van der Waals surface area contributed by atoms with Gasteiger partial charge in [-0.25, -0.2) is 0 Å². The van der Waals surface area contributed by atoms with E-state index in [1.165, 1.54) is 0 Å². The molecule has 0 spiro atoms. The van der Waals surface area contributed by atoms with Gasteiger partial charge in [0.1, 0.15) is 0 Å².